The third-order valence-corrected chi connectivity index (χ3v) is 3.28. The van der Waals surface area contributed by atoms with Gasteiger partial charge in [-0.3, -0.25) is 4.90 Å². The molecule has 3 heteroatoms. The number of aryl methyl sites for hydroxylation is 1. The maximum Gasteiger partial charge on any atom is 0.0623 e. The van der Waals surface area contributed by atoms with Crippen LogP contribution in [0.1, 0.15) is 17.3 Å². The number of aromatic nitrogens is 1. The highest BCUT2D eigenvalue weighted by Crippen LogP contribution is 2.21. The number of benzene rings is 1. The Kier molecular flexibility index (Phi) is 3.84. The molecule has 0 aliphatic heterocycles. The van der Waals surface area contributed by atoms with E-state index in [1.165, 1.54) is 16.9 Å². The van der Waals surface area contributed by atoms with Gasteiger partial charge in [-0.05, 0) is 45.3 Å². The second-order valence-electron chi connectivity index (χ2n) is 4.85. The lowest BCUT2D eigenvalue weighted by atomic mass is 10.1. The van der Waals surface area contributed by atoms with E-state index in [4.69, 9.17) is 5.73 Å². The molecule has 1 aromatic carbocycles. The van der Waals surface area contributed by atoms with Crippen molar-refractivity contribution in [2.75, 3.05) is 20.6 Å². The molecule has 2 aromatic rings. The first-order chi connectivity index (χ1) is 8.63. The molecule has 0 fully saturated rings. The molecular weight excluding hydrogens is 222 g/mol. The zero-order valence-electron chi connectivity index (χ0n) is 11.3. The lowest BCUT2D eigenvalue weighted by Crippen LogP contribution is -2.28. The van der Waals surface area contributed by atoms with Crippen LogP contribution < -0.4 is 5.73 Å². The topological polar surface area (TPSA) is 34.2 Å². The van der Waals surface area contributed by atoms with Crippen LogP contribution in [0, 0.1) is 6.92 Å². The van der Waals surface area contributed by atoms with Crippen molar-refractivity contribution in [3.8, 4) is 5.69 Å². The molecule has 18 heavy (non-hydrogen) atoms. The van der Waals surface area contributed by atoms with E-state index in [0.717, 1.165) is 0 Å². The summed E-state index contributed by atoms with van der Waals surface area (Å²) >= 11 is 0. The maximum atomic E-state index is 5.88. The van der Waals surface area contributed by atoms with Crippen LogP contribution in [0.4, 0.5) is 0 Å². The van der Waals surface area contributed by atoms with Crippen molar-refractivity contribution >= 4 is 0 Å². The maximum absolute atomic E-state index is 5.88. The molecule has 1 atom stereocenters. The van der Waals surface area contributed by atoms with Gasteiger partial charge in [0, 0.05) is 24.1 Å². The molecule has 1 unspecified atom stereocenters. The van der Waals surface area contributed by atoms with Crippen LogP contribution in [0.3, 0.4) is 0 Å². The molecule has 1 aromatic heterocycles. The summed E-state index contributed by atoms with van der Waals surface area (Å²) < 4.78 is 2.21. The second-order valence-corrected chi connectivity index (χ2v) is 4.85. The van der Waals surface area contributed by atoms with E-state index >= 15 is 0 Å². The third-order valence-electron chi connectivity index (χ3n) is 3.28. The second kappa shape index (κ2) is 5.38. The van der Waals surface area contributed by atoms with E-state index in [1.807, 2.05) is 0 Å². The fourth-order valence-electron chi connectivity index (χ4n) is 2.20. The van der Waals surface area contributed by atoms with Crippen LogP contribution in [0.2, 0.25) is 0 Å². The van der Waals surface area contributed by atoms with Crippen molar-refractivity contribution in [1.29, 1.82) is 0 Å². The molecule has 0 amide bonds. The van der Waals surface area contributed by atoms with Crippen molar-refractivity contribution in [3.63, 3.8) is 0 Å². The third kappa shape index (κ3) is 2.47. The fraction of sp³-hybridized carbons (Fsp3) is 0.333. The van der Waals surface area contributed by atoms with Gasteiger partial charge in [0.15, 0.2) is 0 Å². The van der Waals surface area contributed by atoms with Gasteiger partial charge in [0.1, 0.15) is 0 Å². The predicted molar refractivity (Wildman–Crippen MR) is 76.0 cm³/mol. The monoisotopic (exact) mass is 243 g/mol. The Labute approximate surface area is 109 Å². The number of hydrogen-bond donors (Lipinski definition) is 1. The average Bonchev–Trinajstić information content (AvgIpc) is 2.79. The van der Waals surface area contributed by atoms with E-state index < -0.39 is 0 Å². The van der Waals surface area contributed by atoms with Gasteiger partial charge < -0.3 is 10.3 Å². The zero-order chi connectivity index (χ0) is 13.1. The van der Waals surface area contributed by atoms with Gasteiger partial charge in [-0.15, -0.1) is 0 Å². The first-order valence-corrected chi connectivity index (χ1v) is 6.24. The molecule has 0 bridgehead atoms. The molecule has 2 N–H and O–H groups in total. The molecule has 0 aliphatic carbocycles. The summed E-state index contributed by atoms with van der Waals surface area (Å²) in [7, 11) is 4.12. The Morgan fingerprint density at radius 3 is 2.39 bits per heavy atom. The standard InChI is InChI=1S/C15H21N3/c1-12-6-8-13(9-7-12)18-10-4-5-14(18)15(11-16)17(2)3/h4-10,15H,11,16H2,1-3H3. The Hall–Kier alpha value is -1.58. The highest BCUT2D eigenvalue weighted by Gasteiger charge is 2.16. The minimum Gasteiger partial charge on any atom is -0.329 e. The van der Waals surface area contributed by atoms with E-state index in [-0.39, 0.29) is 6.04 Å². The molecule has 96 valence electrons. The van der Waals surface area contributed by atoms with Gasteiger partial charge in [-0.1, -0.05) is 17.7 Å². The highest BCUT2D eigenvalue weighted by atomic mass is 15.1. The molecule has 0 radical (unpaired) electrons. The van der Waals surface area contributed by atoms with Gasteiger partial charge >= 0.3 is 0 Å². The molecule has 0 spiro atoms. The summed E-state index contributed by atoms with van der Waals surface area (Å²) in [6.07, 6.45) is 2.09. The molecule has 2 rings (SSSR count). The summed E-state index contributed by atoms with van der Waals surface area (Å²) in [5.41, 5.74) is 9.56. The van der Waals surface area contributed by atoms with E-state index in [0.29, 0.717) is 6.54 Å². The fourth-order valence-corrected chi connectivity index (χ4v) is 2.20. The first kappa shape index (κ1) is 12.9. The predicted octanol–water partition coefficient (Wildman–Crippen LogP) is 2.35. The van der Waals surface area contributed by atoms with Gasteiger partial charge in [-0.25, -0.2) is 0 Å². The number of likely N-dealkylation sites (N-methyl/N-ethyl adjacent to an activating group) is 1. The number of nitrogens with zero attached hydrogens (tertiary/aromatic N) is 2. The average molecular weight is 243 g/mol. The largest absolute Gasteiger partial charge is 0.329 e. The number of rotatable bonds is 4. The summed E-state index contributed by atoms with van der Waals surface area (Å²) in [4.78, 5) is 2.15. The molecule has 0 aliphatic rings. The number of nitrogens with two attached hydrogens (primary N) is 1. The smallest absolute Gasteiger partial charge is 0.0623 e. The molecule has 0 saturated carbocycles. The van der Waals surface area contributed by atoms with Crippen molar-refractivity contribution in [1.82, 2.24) is 9.47 Å². The number of hydrogen-bond acceptors (Lipinski definition) is 2. The van der Waals surface area contributed by atoms with Crippen LogP contribution >= 0.6 is 0 Å². The van der Waals surface area contributed by atoms with Crippen LogP contribution in [0.25, 0.3) is 5.69 Å². The van der Waals surface area contributed by atoms with Crippen LogP contribution in [-0.2, 0) is 0 Å². The van der Waals surface area contributed by atoms with Crippen molar-refractivity contribution in [3.05, 3.63) is 53.9 Å². The molecule has 1 heterocycles. The Morgan fingerprint density at radius 2 is 1.83 bits per heavy atom. The molecule has 0 saturated heterocycles. The summed E-state index contributed by atoms with van der Waals surface area (Å²) in [6.45, 7) is 2.71. The lowest BCUT2D eigenvalue weighted by Gasteiger charge is -2.24. The first-order valence-electron chi connectivity index (χ1n) is 6.24. The molecular formula is C15H21N3. The normalized spacial score (nSPS) is 12.9. The SMILES string of the molecule is Cc1ccc(-n2cccc2C(CN)N(C)C)cc1. The molecule has 3 nitrogen and oxygen atoms in total. The Morgan fingerprint density at radius 1 is 1.17 bits per heavy atom. The zero-order valence-corrected chi connectivity index (χ0v) is 11.3. The summed E-state index contributed by atoms with van der Waals surface area (Å²) in [5, 5.41) is 0. The van der Waals surface area contributed by atoms with Gasteiger partial charge in [0.25, 0.3) is 0 Å². The van der Waals surface area contributed by atoms with E-state index in [2.05, 4.69) is 73.1 Å². The van der Waals surface area contributed by atoms with E-state index in [1.54, 1.807) is 0 Å². The lowest BCUT2D eigenvalue weighted by molar-refractivity contribution is 0.297. The van der Waals surface area contributed by atoms with Gasteiger partial charge in [0.2, 0.25) is 0 Å². The van der Waals surface area contributed by atoms with Gasteiger partial charge in [0.05, 0.1) is 6.04 Å². The van der Waals surface area contributed by atoms with Crippen molar-refractivity contribution < 1.29 is 0 Å². The van der Waals surface area contributed by atoms with Crippen LogP contribution in [-0.4, -0.2) is 30.1 Å². The Balaban J connectivity index is 2.41. The highest BCUT2D eigenvalue weighted by molar-refractivity contribution is 5.37. The van der Waals surface area contributed by atoms with Crippen LogP contribution in [0.5, 0.6) is 0 Å². The quantitative estimate of drug-likeness (QED) is 0.894. The summed E-state index contributed by atoms with van der Waals surface area (Å²) in [6, 6.07) is 13.0. The van der Waals surface area contributed by atoms with Gasteiger partial charge in [-0.2, -0.15) is 0 Å². The van der Waals surface area contributed by atoms with Crippen LogP contribution in [0.15, 0.2) is 42.6 Å². The van der Waals surface area contributed by atoms with Crippen molar-refractivity contribution in [2.24, 2.45) is 5.73 Å². The minimum atomic E-state index is 0.237. The van der Waals surface area contributed by atoms with E-state index in [9.17, 15) is 0 Å². The Bertz CT molecular complexity index is 497. The summed E-state index contributed by atoms with van der Waals surface area (Å²) in [5.74, 6) is 0. The van der Waals surface area contributed by atoms with Crippen molar-refractivity contribution in [2.45, 2.75) is 13.0 Å². The minimum absolute atomic E-state index is 0.237.